The molecule has 2 rings (SSSR count). The first kappa shape index (κ1) is 8.10. The third kappa shape index (κ3) is 1.26. The zero-order chi connectivity index (χ0) is 9.42. The molecule has 0 radical (unpaired) electrons. The van der Waals surface area contributed by atoms with Gasteiger partial charge in [-0.15, -0.1) is 0 Å². The molecular weight excluding hydrogens is 164 g/mol. The van der Waals surface area contributed by atoms with Crippen molar-refractivity contribution in [2.75, 3.05) is 0 Å². The fraction of sp³-hybridized carbons (Fsp3) is 0.300. The Bertz CT molecular complexity index is 431. The number of aromatic hydroxyl groups is 1. The molecule has 13 heavy (non-hydrogen) atoms. The number of hydrogen-bond acceptors (Lipinski definition) is 2. The number of rotatable bonds is 1. The van der Waals surface area contributed by atoms with E-state index in [1.807, 2.05) is 16.9 Å². The van der Waals surface area contributed by atoms with Crippen molar-refractivity contribution in [3.63, 3.8) is 0 Å². The molecule has 0 fully saturated rings. The third-order valence-corrected chi connectivity index (χ3v) is 2.07. The van der Waals surface area contributed by atoms with Crippen LogP contribution in [0, 0.1) is 0 Å². The summed E-state index contributed by atoms with van der Waals surface area (Å²) in [6, 6.07) is 5.60. The zero-order valence-electron chi connectivity index (χ0n) is 7.73. The van der Waals surface area contributed by atoms with Crippen molar-refractivity contribution >= 4 is 10.9 Å². The van der Waals surface area contributed by atoms with Crippen molar-refractivity contribution in [2.24, 2.45) is 0 Å². The van der Waals surface area contributed by atoms with Crippen LogP contribution in [0.5, 0.6) is 5.75 Å². The van der Waals surface area contributed by atoms with Crippen molar-refractivity contribution in [3.05, 3.63) is 24.4 Å². The number of phenols is 1. The van der Waals surface area contributed by atoms with Gasteiger partial charge < -0.3 is 5.11 Å². The van der Waals surface area contributed by atoms with Gasteiger partial charge in [-0.05, 0) is 26.0 Å². The molecule has 0 saturated carbocycles. The van der Waals surface area contributed by atoms with E-state index >= 15 is 0 Å². The Hall–Kier alpha value is -1.51. The minimum absolute atomic E-state index is 0.287. The highest BCUT2D eigenvalue weighted by Crippen LogP contribution is 2.21. The summed E-state index contributed by atoms with van der Waals surface area (Å²) in [6.45, 7) is 4.13. The number of fused-ring (bicyclic) bond motifs is 1. The topological polar surface area (TPSA) is 38.0 Å². The van der Waals surface area contributed by atoms with E-state index in [1.54, 1.807) is 12.1 Å². The van der Waals surface area contributed by atoms with Crippen molar-refractivity contribution in [3.8, 4) is 5.75 Å². The van der Waals surface area contributed by atoms with Crippen LogP contribution in [0.15, 0.2) is 24.4 Å². The number of phenolic OH excluding ortho intramolecular Hbond substituents is 1. The average Bonchev–Trinajstić information content (AvgIpc) is 2.46. The van der Waals surface area contributed by atoms with Crippen LogP contribution in [0.3, 0.4) is 0 Å². The Morgan fingerprint density at radius 2 is 2.15 bits per heavy atom. The maximum atomic E-state index is 9.31. The number of hydrogen-bond donors (Lipinski definition) is 1. The molecule has 1 aromatic heterocycles. The van der Waals surface area contributed by atoms with Crippen molar-refractivity contribution in [2.45, 2.75) is 19.9 Å². The number of nitrogens with zero attached hydrogens (tertiary/aromatic N) is 2. The van der Waals surface area contributed by atoms with Gasteiger partial charge in [-0.2, -0.15) is 5.10 Å². The van der Waals surface area contributed by atoms with Crippen LogP contribution in [0.4, 0.5) is 0 Å². The molecule has 0 bridgehead atoms. The Morgan fingerprint density at radius 1 is 1.38 bits per heavy atom. The smallest absolute Gasteiger partial charge is 0.117 e. The fourth-order valence-corrected chi connectivity index (χ4v) is 1.44. The lowest BCUT2D eigenvalue weighted by atomic mass is 10.2. The quantitative estimate of drug-likeness (QED) is 0.724. The van der Waals surface area contributed by atoms with E-state index in [9.17, 15) is 5.11 Å². The van der Waals surface area contributed by atoms with Gasteiger partial charge in [0, 0.05) is 17.5 Å². The van der Waals surface area contributed by atoms with Gasteiger partial charge in [0.1, 0.15) is 5.75 Å². The molecule has 0 atom stereocenters. The number of aromatic nitrogens is 2. The normalized spacial score (nSPS) is 11.3. The van der Waals surface area contributed by atoms with E-state index in [0.717, 1.165) is 10.9 Å². The first-order valence-corrected chi connectivity index (χ1v) is 4.35. The molecule has 0 spiro atoms. The van der Waals surface area contributed by atoms with Crippen molar-refractivity contribution in [1.82, 2.24) is 9.78 Å². The lowest BCUT2D eigenvalue weighted by Gasteiger charge is -2.06. The first-order valence-electron chi connectivity index (χ1n) is 4.35. The van der Waals surface area contributed by atoms with Gasteiger partial charge in [-0.3, -0.25) is 4.68 Å². The molecule has 1 aromatic carbocycles. The molecule has 3 heteroatoms. The Labute approximate surface area is 76.6 Å². The standard InChI is InChI=1S/C10H12N2O/c1-7(2)12-10-5-9(13)4-3-8(10)6-11-12/h3-7,13H,1-2H3. The summed E-state index contributed by atoms with van der Waals surface area (Å²) in [5.41, 5.74) is 0.981. The lowest BCUT2D eigenvalue weighted by molar-refractivity contribution is 0.475. The van der Waals surface area contributed by atoms with Gasteiger partial charge in [-0.25, -0.2) is 0 Å². The van der Waals surface area contributed by atoms with E-state index in [4.69, 9.17) is 0 Å². The van der Waals surface area contributed by atoms with Crippen LogP contribution < -0.4 is 0 Å². The zero-order valence-corrected chi connectivity index (χ0v) is 7.73. The Morgan fingerprint density at radius 3 is 2.85 bits per heavy atom. The minimum Gasteiger partial charge on any atom is -0.508 e. The molecule has 68 valence electrons. The van der Waals surface area contributed by atoms with E-state index in [2.05, 4.69) is 18.9 Å². The molecule has 0 amide bonds. The highest BCUT2D eigenvalue weighted by Gasteiger charge is 2.05. The molecule has 0 aliphatic heterocycles. The largest absolute Gasteiger partial charge is 0.508 e. The maximum Gasteiger partial charge on any atom is 0.117 e. The molecule has 2 aromatic rings. The monoisotopic (exact) mass is 176 g/mol. The Balaban J connectivity index is 2.71. The number of benzene rings is 1. The van der Waals surface area contributed by atoms with Gasteiger partial charge >= 0.3 is 0 Å². The van der Waals surface area contributed by atoms with E-state index in [-0.39, 0.29) is 5.75 Å². The van der Waals surface area contributed by atoms with E-state index in [1.165, 1.54) is 0 Å². The summed E-state index contributed by atoms with van der Waals surface area (Å²) >= 11 is 0. The second kappa shape index (κ2) is 2.76. The summed E-state index contributed by atoms with van der Waals surface area (Å²) in [7, 11) is 0. The van der Waals surface area contributed by atoms with Gasteiger partial charge in [0.25, 0.3) is 0 Å². The molecule has 0 aliphatic carbocycles. The van der Waals surface area contributed by atoms with Gasteiger partial charge in [0.2, 0.25) is 0 Å². The summed E-state index contributed by atoms with van der Waals surface area (Å²) < 4.78 is 1.90. The van der Waals surface area contributed by atoms with E-state index in [0.29, 0.717) is 6.04 Å². The molecule has 0 saturated heterocycles. The van der Waals surface area contributed by atoms with Crippen LogP contribution in [-0.4, -0.2) is 14.9 Å². The highest BCUT2D eigenvalue weighted by molar-refractivity contribution is 5.80. The van der Waals surface area contributed by atoms with E-state index < -0.39 is 0 Å². The highest BCUT2D eigenvalue weighted by atomic mass is 16.3. The summed E-state index contributed by atoms with van der Waals surface area (Å²) in [4.78, 5) is 0. The van der Waals surface area contributed by atoms with Crippen LogP contribution >= 0.6 is 0 Å². The third-order valence-electron chi connectivity index (χ3n) is 2.07. The first-order chi connectivity index (χ1) is 6.18. The summed E-state index contributed by atoms with van der Waals surface area (Å²) in [5.74, 6) is 0.287. The fourth-order valence-electron chi connectivity index (χ4n) is 1.44. The second-order valence-corrected chi connectivity index (χ2v) is 3.43. The molecular formula is C10H12N2O. The van der Waals surface area contributed by atoms with Gasteiger partial charge in [0.05, 0.1) is 11.7 Å². The molecule has 3 nitrogen and oxygen atoms in total. The van der Waals surface area contributed by atoms with Gasteiger partial charge in [-0.1, -0.05) is 0 Å². The van der Waals surface area contributed by atoms with Crippen LogP contribution in [-0.2, 0) is 0 Å². The molecule has 1 heterocycles. The van der Waals surface area contributed by atoms with Crippen LogP contribution in [0.2, 0.25) is 0 Å². The predicted molar refractivity (Wildman–Crippen MR) is 51.8 cm³/mol. The average molecular weight is 176 g/mol. The SMILES string of the molecule is CC(C)n1ncc2ccc(O)cc21. The molecule has 1 N–H and O–H groups in total. The van der Waals surface area contributed by atoms with Crippen LogP contribution in [0.1, 0.15) is 19.9 Å². The Kier molecular flexibility index (Phi) is 1.72. The van der Waals surface area contributed by atoms with Crippen molar-refractivity contribution in [1.29, 1.82) is 0 Å². The lowest BCUT2D eigenvalue weighted by Crippen LogP contribution is -2.01. The summed E-state index contributed by atoms with van der Waals surface area (Å²) in [6.07, 6.45) is 1.81. The summed E-state index contributed by atoms with van der Waals surface area (Å²) in [5, 5.41) is 14.6. The molecule has 0 unspecified atom stereocenters. The minimum atomic E-state index is 0.287. The van der Waals surface area contributed by atoms with Crippen LogP contribution in [0.25, 0.3) is 10.9 Å². The van der Waals surface area contributed by atoms with Crippen molar-refractivity contribution < 1.29 is 5.11 Å². The van der Waals surface area contributed by atoms with Gasteiger partial charge in [0.15, 0.2) is 0 Å². The maximum absolute atomic E-state index is 9.31. The molecule has 0 aliphatic rings. The predicted octanol–water partition coefficient (Wildman–Crippen LogP) is 2.32. The second-order valence-electron chi connectivity index (χ2n) is 3.43.